The van der Waals surface area contributed by atoms with Crippen LogP contribution in [0.3, 0.4) is 0 Å². The van der Waals surface area contributed by atoms with Crippen molar-refractivity contribution < 1.29 is 9.13 Å². The Balaban J connectivity index is 2.65. The van der Waals surface area contributed by atoms with E-state index in [0.29, 0.717) is 31.0 Å². The van der Waals surface area contributed by atoms with Crippen LogP contribution in [0, 0.1) is 11.7 Å². The van der Waals surface area contributed by atoms with Gasteiger partial charge in [0.2, 0.25) is 5.88 Å². The summed E-state index contributed by atoms with van der Waals surface area (Å²) in [5.74, 6) is 0.703. The van der Waals surface area contributed by atoms with Crippen LogP contribution in [0.1, 0.15) is 46.1 Å². The maximum Gasteiger partial charge on any atom is 0.218 e. The Morgan fingerprint density at radius 2 is 2.11 bits per heavy atom. The fourth-order valence-corrected chi connectivity index (χ4v) is 1.84. The lowest BCUT2D eigenvalue weighted by Gasteiger charge is -2.15. The Bertz CT molecular complexity index is 382. The third-order valence-electron chi connectivity index (χ3n) is 2.88. The second-order valence-electron chi connectivity index (χ2n) is 5.36. The lowest BCUT2D eigenvalue weighted by molar-refractivity contribution is 0.239. The minimum atomic E-state index is -0.325. The molecule has 0 saturated heterocycles. The van der Waals surface area contributed by atoms with E-state index in [9.17, 15) is 4.39 Å². The van der Waals surface area contributed by atoms with Crippen LogP contribution < -0.4 is 10.1 Å². The fourth-order valence-electron chi connectivity index (χ4n) is 1.84. The van der Waals surface area contributed by atoms with Crippen LogP contribution in [0.4, 0.5) is 4.39 Å². The first-order valence-electron chi connectivity index (χ1n) is 7.03. The van der Waals surface area contributed by atoms with Crippen LogP contribution in [0.25, 0.3) is 0 Å². The lowest BCUT2D eigenvalue weighted by atomic mass is 10.1. The highest BCUT2D eigenvalue weighted by Gasteiger charge is 2.10. The number of ether oxygens (including phenoxy) is 1. The first kappa shape index (κ1) is 15.9. The van der Waals surface area contributed by atoms with Crippen molar-refractivity contribution in [1.82, 2.24) is 10.3 Å². The van der Waals surface area contributed by atoms with Gasteiger partial charge in [0, 0.05) is 18.2 Å². The minimum absolute atomic E-state index is 0.325. The first-order valence-corrected chi connectivity index (χ1v) is 7.03. The molecule has 0 bridgehead atoms. The number of hydrogen-bond acceptors (Lipinski definition) is 3. The average molecular weight is 268 g/mol. The molecule has 0 aliphatic carbocycles. The fraction of sp³-hybridized carbons (Fsp3) is 0.667. The van der Waals surface area contributed by atoms with Gasteiger partial charge in [0.1, 0.15) is 5.82 Å². The summed E-state index contributed by atoms with van der Waals surface area (Å²) in [5.41, 5.74) is 0.775. The third kappa shape index (κ3) is 6.01. The summed E-state index contributed by atoms with van der Waals surface area (Å²) < 4.78 is 19.0. The van der Waals surface area contributed by atoms with Gasteiger partial charge in [-0.1, -0.05) is 34.1 Å². The van der Waals surface area contributed by atoms with Gasteiger partial charge in [-0.15, -0.1) is 0 Å². The quantitative estimate of drug-likeness (QED) is 0.783. The van der Waals surface area contributed by atoms with Gasteiger partial charge in [-0.3, -0.25) is 0 Å². The molecule has 0 amide bonds. The van der Waals surface area contributed by atoms with Gasteiger partial charge in [0.05, 0.1) is 12.8 Å². The number of pyridine rings is 1. The maximum atomic E-state index is 13.2. The normalized spacial score (nSPS) is 12.7. The zero-order valence-electron chi connectivity index (χ0n) is 12.4. The molecule has 0 spiro atoms. The predicted octanol–water partition coefficient (Wildman–Crippen LogP) is 3.53. The largest absolute Gasteiger partial charge is 0.477 e. The van der Waals surface area contributed by atoms with E-state index in [1.807, 2.05) is 0 Å². The Morgan fingerprint density at radius 1 is 1.37 bits per heavy atom. The number of hydrogen-bond donors (Lipinski definition) is 1. The molecule has 108 valence electrons. The van der Waals surface area contributed by atoms with Crippen LogP contribution in [-0.2, 0) is 6.54 Å². The van der Waals surface area contributed by atoms with Gasteiger partial charge < -0.3 is 10.1 Å². The van der Waals surface area contributed by atoms with Crippen LogP contribution >= 0.6 is 0 Å². The summed E-state index contributed by atoms with van der Waals surface area (Å²) in [5, 5.41) is 3.26. The van der Waals surface area contributed by atoms with Crippen LogP contribution in [0.15, 0.2) is 12.3 Å². The van der Waals surface area contributed by atoms with Gasteiger partial charge in [-0.25, -0.2) is 9.37 Å². The summed E-state index contributed by atoms with van der Waals surface area (Å²) in [6.07, 6.45) is 3.47. The number of nitrogens with one attached hydrogen (secondary N) is 1. The standard InChI is InChI=1S/C15H25FN2O/c1-5-6-12(4)10-19-15-13(8-17-11(2)3)7-14(16)9-18-15/h7,9,11-12,17H,5-6,8,10H2,1-4H3. The Kier molecular flexibility index (Phi) is 6.78. The Labute approximate surface area is 115 Å². The van der Waals surface area contributed by atoms with Crippen molar-refractivity contribution in [2.45, 2.75) is 53.1 Å². The van der Waals surface area contributed by atoms with Crippen molar-refractivity contribution >= 4 is 0 Å². The topological polar surface area (TPSA) is 34.1 Å². The van der Waals surface area contributed by atoms with Crippen LogP contribution in [0.5, 0.6) is 5.88 Å². The van der Waals surface area contributed by atoms with Gasteiger partial charge in [0.15, 0.2) is 0 Å². The van der Waals surface area contributed by atoms with Crippen molar-refractivity contribution in [2.75, 3.05) is 6.61 Å². The average Bonchev–Trinajstić information content (AvgIpc) is 2.35. The van der Waals surface area contributed by atoms with E-state index in [-0.39, 0.29) is 5.82 Å². The number of rotatable bonds is 8. The highest BCUT2D eigenvalue weighted by atomic mass is 19.1. The number of aromatic nitrogens is 1. The molecule has 0 aliphatic rings. The zero-order chi connectivity index (χ0) is 14.3. The molecule has 1 heterocycles. The highest BCUT2D eigenvalue weighted by Crippen LogP contribution is 2.18. The van der Waals surface area contributed by atoms with E-state index in [1.54, 1.807) is 0 Å². The summed E-state index contributed by atoms with van der Waals surface area (Å²) in [7, 11) is 0. The number of nitrogens with zero attached hydrogens (tertiary/aromatic N) is 1. The van der Waals surface area contributed by atoms with E-state index in [1.165, 1.54) is 12.3 Å². The van der Waals surface area contributed by atoms with Crippen molar-refractivity contribution in [3.05, 3.63) is 23.6 Å². The molecule has 19 heavy (non-hydrogen) atoms. The van der Waals surface area contributed by atoms with Gasteiger partial charge >= 0.3 is 0 Å². The van der Waals surface area contributed by atoms with Crippen molar-refractivity contribution in [3.63, 3.8) is 0 Å². The molecule has 1 aromatic heterocycles. The molecular weight excluding hydrogens is 243 g/mol. The maximum absolute atomic E-state index is 13.2. The molecule has 1 aromatic rings. The third-order valence-corrected chi connectivity index (χ3v) is 2.88. The second-order valence-corrected chi connectivity index (χ2v) is 5.36. The van der Waals surface area contributed by atoms with E-state index < -0.39 is 0 Å². The first-order chi connectivity index (χ1) is 9.02. The molecule has 0 aromatic carbocycles. The monoisotopic (exact) mass is 268 g/mol. The second kappa shape index (κ2) is 8.10. The van der Waals surface area contributed by atoms with Crippen molar-refractivity contribution in [2.24, 2.45) is 5.92 Å². The summed E-state index contributed by atoms with van der Waals surface area (Å²) in [4.78, 5) is 4.05. The summed E-state index contributed by atoms with van der Waals surface area (Å²) in [6, 6.07) is 1.83. The van der Waals surface area contributed by atoms with E-state index >= 15 is 0 Å². The Morgan fingerprint density at radius 3 is 2.74 bits per heavy atom. The summed E-state index contributed by atoms with van der Waals surface area (Å²) in [6.45, 7) is 9.61. The van der Waals surface area contributed by atoms with Crippen molar-refractivity contribution in [3.8, 4) is 5.88 Å². The molecule has 1 unspecified atom stereocenters. The van der Waals surface area contributed by atoms with E-state index in [4.69, 9.17) is 4.74 Å². The molecule has 3 nitrogen and oxygen atoms in total. The molecule has 0 aliphatic heterocycles. The molecule has 1 rings (SSSR count). The van der Waals surface area contributed by atoms with E-state index in [2.05, 4.69) is 38.0 Å². The van der Waals surface area contributed by atoms with Gasteiger partial charge in [0.25, 0.3) is 0 Å². The van der Waals surface area contributed by atoms with Crippen LogP contribution in [0.2, 0.25) is 0 Å². The van der Waals surface area contributed by atoms with Gasteiger partial charge in [-0.05, 0) is 18.4 Å². The molecule has 4 heteroatoms. The molecule has 0 radical (unpaired) electrons. The van der Waals surface area contributed by atoms with Crippen molar-refractivity contribution in [1.29, 1.82) is 0 Å². The molecule has 0 saturated carbocycles. The summed E-state index contributed by atoms with van der Waals surface area (Å²) >= 11 is 0. The minimum Gasteiger partial charge on any atom is -0.477 e. The molecule has 1 N–H and O–H groups in total. The van der Waals surface area contributed by atoms with E-state index in [0.717, 1.165) is 18.4 Å². The Hall–Kier alpha value is -1.16. The van der Waals surface area contributed by atoms with Crippen LogP contribution in [-0.4, -0.2) is 17.6 Å². The predicted molar refractivity (Wildman–Crippen MR) is 75.7 cm³/mol. The lowest BCUT2D eigenvalue weighted by Crippen LogP contribution is -2.22. The molecule has 1 atom stereocenters. The van der Waals surface area contributed by atoms with Gasteiger partial charge in [-0.2, -0.15) is 0 Å². The SMILES string of the molecule is CCCC(C)COc1ncc(F)cc1CNC(C)C. The molecular formula is C15H25FN2O. The number of halogens is 1. The molecule has 0 fully saturated rings. The zero-order valence-corrected chi connectivity index (χ0v) is 12.4. The highest BCUT2D eigenvalue weighted by molar-refractivity contribution is 5.26. The smallest absolute Gasteiger partial charge is 0.218 e.